The number of benzene rings is 2. The van der Waals surface area contributed by atoms with Gasteiger partial charge in [0, 0.05) is 49.9 Å². The number of amides is 1. The Labute approximate surface area is 221 Å². The van der Waals surface area contributed by atoms with E-state index in [9.17, 15) is 23.2 Å². The van der Waals surface area contributed by atoms with Crippen LogP contribution < -0.4 is 5.32 Å². The first kappa shape index (κ1) is 25.5. The molecular formula is C28H21ClF3N5O. The summed E-state index contributed by atoms with van der Waals surface area (Å²) in [5, 5.41) is 12.6. The van der Waals surface area contributed by atoms with Gasteiger partial charge in [-0.1, -0.05) is 29.8 Å². The third kappa shape index (κ3) is 5.14. The first-order valence-corrected chi connectivity index (χ1v) is 12.2. The number of hydrogen-bond acceptors (Lipinski definition) is 4. The van der Waals surface area contributed by atoms with Crippen molar-refractivity contribution in [2.75, 3.05) is 13.1 Å². The van der Waals surface area contributed by atoms with Crippen molar-refractivity contribution in [2.45, 2.75) is 19.5 Å². The van der Waals surface area contributed by atoms with Crippen LogP contribution in [0.25, 0.3) is 17.0 Å². The van der Waals surface area contributed by atoms with Crippen molar-refractivity contribution >= 4 is 34.6 Å². The fraction of sp³-hybridized carbons (Fsp3) is 0.179. The minimum Gasteiger partial charge on any atom is -0.333 e. The summed E-state index contributed by atoms with van der Waals surface area (Å²) in [4.78, 5) is 19.0. The lowest BCUT2D eigenvalue weighted by atomic mass is 10.0. The highest BCUT2D eigenvalue weighted by atomic mass is 35.5. The van der Waals surface area contributed by atoms with Crippen molar-refractivity contribution in [3.63, 3.8) is 0 Å². The van der Waals surface area contributed by atoms with Crippen molar-refractivity contribution in [3.05, 3.63) is 105 Å². The highest BCUT2D eigenvalue weighted by Gasteiger charge is 2.26. The number of carbonyl (C=O) groups is 1. The SMILES string of the molecule is N#Cc1ccc2c3c(n(C(=O)NCc4ccnc(F)c4)c2c1)CCN(C/C=C/c1cc(F)c(Cl)c(F)c1)C3. The Hall–Kier alpha value is -4.13. The second kappa shape index (κ2) is 10.7. The lowest BCUT2D eigenvalue weighted by Gasteiger charge is -2.27. The number of rotatable bonds is 5. The number of hydrogen-bond donors (Lipinski definition) is 1. The predicted octanol–water partition coefficient (Wildman–Crippen LogP) is 5.81. The van der Waals surface area contributed by atoms with Crippen LogP contribution in [0.5, 0.6) is 0 Å². The van der Waals surface area contributed by atoms with Crippen LogP contribution in [0.15, 0.2) is 54.7 Å². The maximum absolute atomic E-state index is 13.7. The zero-order valence-corrected chi connectivity index (χ0v) is 20.8. The minimum atomic E-state index is -0.814. The fourth-order valence-corrected chi connectivity index (χ4v) is 4.80. The van der Waals surface area contributed by atoms with E-state index in [1.807, 2.05) is 12.1 Å². The van der Waals surface area contributed by atoms with Crippen LogP contribution in [-0.4, -0.2) is 33.6 Å². The number of nitrogens with one attached hydrogen (secondary N) is 1. The molecule has 2 aromatic carbocycles. The van der Waals surface area contributed by atoms with E-state index in [0.717, 1.165) is 16.6 Å². The van der Waals surface area contributed by atoms with Crippen LogP contribution in [0.4, 0.5) is 18.0 Å². The number of halogens is 4. The largest absolute Gasteiger partial charge is 0.333 e. The lowest BCUT2D eigenvalue weighted by molar-refractivity contribution is 0.240. The minimum absolute atomic E-state index is 0.119. The third-order valence-electron chi connectivity index (χ3n) is 6.48. The Morgan fingerprint density at radius 1 is 1.16 bits per heavy atom. The Balaban J connectivity index is 1.39. The van der Waals surface area contributed by atoms with E-state index < -0.39 is 22.6 Å². The quantitative estimate of drug-likeness (QED) is 0.259. The van der Waals surface area contributed by atoms with E-state index >= 15 is 0 Å². The highest BCUT2D eigenvalue weighted by molar-refractivity contribution is 6.30. The van der Waals surface area contributed by atoms with Crippen molar-refractivity contribution in [2.24, 2.45) is 0 Å². The number of nitriles is 1. The molecule has 3 heterocycles. The van der Waals surface area contributed by atoms with E-state index in [4.69, 9.17) is 11.6 Å². The first-order chi connectivity index (χ1) is 18.3. The summed E-state index contributed by atoms with van der Waals surface area (Å²) in [7, 11) is 0. The Morgan fingerprint density at radius 2 is 1.95 bits per heavy atom. The van der Waals surface area contributed by atoms with Gasteiger partial charge in [0.15, 0.2) is 0 Å². The molecule has 2 aromatic heterocycles. The molecule has 4 aromatic rings. The first-order valence-electron chi connectivity index (χ1n) is 11.8. The van der Waals surface area contributed by atoms with Crippen molar-refractivity contribution in [1.29, 1.82) is 5.26 Å². The molecule has 0 atom stereocenters. The van der Waals surface area contributed by atoms with Crippen molar-refractivity contribution in [3.8, 4) is 6.07 Å². The van der Waals surface area contributed by atoms with Crippen LogP contribution >= 0.6 is 11.6 Å². The molecule has 1 aliphatic heterocycles. The van der Waals surface area contributed by atoms with Gasteiger partial charge in [0.1, 0.15) is 16.7 Å². The van der Waals surface area contributed by atoms with Crippen LogP contribution in [0.1, 0.15) is 27.9 Å². The smallest absolute Gasteiger partial charge is 0.326 e. The van der Waals surface area contributed by atoms with Crippen molar-refractivity contribution < 1.29 is 18.0 Å². The lowest BCUT2D eigenvalue weighted by Crippen LogP contribution is -2.34. The Kier molecular flexibility index (Phi) is 7.18. The predicted molar refractivity (Wildman–Crippen MR) is 138 cm³/mol. The molecule has 1 amide bonds. The van der Waals surface area contributed by atoms with E-state index in [-0.39, 0.29) is 12.6 Å². The van der Waals surface area contributed by atoms with Gasteiger partial charge in [0.05, 0.1) is 17.1 Å². The number of fused-ring (bicyclic) bond motifs is 3. The molecule has 1 aliphatic rings. The van der Waals surface area contributed by atoms with Gasteiger partial charge < -0.3 is 5.32 Å². The molecule has 1 N–H and O–H groups in total. The molecule has 0 fully saturated rings. The zero-order valence-electron chi connectivity index (χ0n) is 20.0. The molecule has 0 saturated carbocycles. The molecule has 0 radical (unpaired) electrons. The van der Waals surface area contributed by atoms with E-state index in [1.165, 1.54) is 24.4 Å². The Bertz CT molecular complexity index is 1600. The average Bonchev–Trinajstić information content (AvgIpc) is 3.23. The summed E-state index contributed by atoms with van der Waals surface area (Å²) >= 11 is 5.55. The highest BCUT2D eigenvalue weighted by Crippen LogP contribution is 2.32. The fourth-order valence-electron chi connectivity index (χ4n) is 4.69. The molecule has 5 rings (SSSR count). The van der Waals surface area contributed by atoms with Gasteiger partial charge in [-0.2, -0.15) is 9.65 Å². The Morgan fingerprint density at radius 3 is 2.68 bits per heavy atom. The van der Waals surface area contributed by atoms with Crippen LogP contribution in [0.2, 0.25) is 5.02 Å². The topological polar surface area (TPSA) is 74.0 Å². The second-order valence-electron chi connectivity index (χ2n) is 8.94. The van der Waals surface area contributed by atoms with Crippen LogP contribution in [-0.2, 0) is 19.5 Å². The number of carbonyl (C=O) groups excluding carboxylic acids is 1. The van der Waals surface area contributed by atoms with Gasteiger partial charge in [-0.05, 0) is 53.1 Å². The zero-order chi connectivity index (χ0) is 26.8. The molecule has 192 valence electrons. The molecule has 0 unspecified atom stereocenters. The summed E-state index contributed by atoms with van der Waals surface area (Å²) in [5.41, 5.74) is 3.81. The number of nitrogens with zero attached hydrogens (tertiary/aromatic N) is 4. The van der Waals surface area contributed by atoms with Crippen molar-refractivity contribution in [1.82, 2.24) is 19.8 Å². The molecule has 38 heavy (non-hydrogen) atoms. The maximum Gasteiger partial charge on any atom is 0.326 e. The molecule has 0 spiro atoms. The summed E-state index contributed by atoms with van der Waals surface area (Å²) < 4.78 is 42.5. The summed E-state index contributed by atoms with van der Waals surface area (Å²) in [6, 6.07) is 12.2. The summed E-state index contributed by atoms with van der Waals surface area (Å²) in [6.45, 7) is 1.83. The monoisotopic (exact) mass is 535 g/mol. The van der Waals surface area contributed by atoms with Gasteiger partial charge in [0.25, 0.3) is 0 Å². The van der Waals surface area contributed by atoms with Gasteiger partial charge >= 0.3 is 6.03 Å². The van der Waals surface area contributed by atoms with Crippen LogP contribution in [0.3, 0.4) is 0 Å². The molecular weight excluding hydrogens is 515 g/mol. The molecule has 0 bridgehead atoms. The van der Waals surface area contributed by atoms with Gasteiger partial charge in [-0.25, -0.2) is 18.6 Å². The number of aromatic nitrogens is 2. The average molecular weight is 536 g/mol. The number of pyridine rings is 1. The normalized spacial score (nSPS) is 13.6. The van der Waals surface area contributed by atoms with Crippen LogP contribution in [0, 0.1) is 28.9 Å². The standard InChI is InChI=1S/C28H21ClF3N5O/c29-27-22(30)10-17(11-23(27)31)2-1-8-36-9-6-24-21(16-36)20-4-3-18(14-33)12-25(20)37(24)28(38)35-15-19-5-7-34-26(32)13-19/h1-5,7,10-13H,6,8-9,15-16H2,(H,35,38)/b2-1+. The van der Waals surface area contributed by atoms with E-state index in [1.54, 1.807) is 28.8 Å². The van der Waals surface area contributed by atoms with Gasteiger partial charge in [0.2, 0.25) is 5.95 Å². The molecule has 10 heteroatoms. The third-order valence-corrected chi connectivity index (χ3v) is 6.84. The summed E-state index contributed by atoms with van der Waals surface area (Å²) in [6.07, 6.45) is 5.36. The summed E-state index contributed by atoms with van der Waals surface area (Å²) in [5.74, 6) is -2.25. The second-order valence-corrected chi connectivity index (χ2v) is 9.31. The van der Waals surface area contributed by atoms with Gasteiger partial charge in [-0.3, -0.25) is 9.47 Å². The molecule has 0 aliphatic carbocycles. The maximum atomic E-state index is 13.7. The molecule has 0 saturated heterocycles. The van der Waals surface area contributed by atoms with Gasteiger partial charge in [-0.15, -0.1) is 0 Å². The van der Waals surface area contributed by atoms with E-state index in [0.29, 0.717) is 48.3 Å². The van der Waals surface area contributed by atoms with E-state index in [2.05, 4.69) is 21.3 Å². The molecule has 6 nitrogen and oxygen atoms in total.